The molecule has 0 aromatic carbocycles. The highest BCUT2D eigenvalue weighted by atomic mass is 35.5. The Morgan fingerprint density at radius 3 is 2.77 bits per heavy atom. The summed E-state index contributed by atoms with van der Waals surface area (Å²) >= 11 is 5.51. The summed E-state index contributed by atoms with van der Waals surface area (Å²) in [7, 11) is 1.49. The molecule has 0 radical (unpaired) electrons. The molecule has 5 nitrogen and oxygen atoms in total. The van der Waals surface area contributed by atoms with Gasteiger partial charge in [-0.05, 0) is 11.6 Å². The number of anilines is 1. The standard InChI is InChI=1S/C7H4ClN5/c1-13(4-10)6-5(2-9)3-11-7(8)12-6/h3H,1H3. The average Bonchev–Trinajstić information content (AvgIpc) is 2.16. The van der Waals surface area contributed by atoms with E-state index in [9.17, 15) is 0 Å². The zero-order valence-electron chi connectivity index (χ0n) is 6.69. The van der Waals surface area contributed by atoms with Crippen LogP contribution in [0.2, 0.25) is 5.28 Å². The second-order valence-electron chi connectivity index (χ2n) is 2.15. The first-order chi connectivity index (χ1) is 6.19. The molecule has 1 rings (SSSR count). The molecule has 13 heavy (non-hydrogen) atoms. The van der Waals surface area contributed by atoms with Crippen LogP contribution in [0.25, 0.3) is 0 Å². The van der Waals surface area contributed by atoms with Gasteiger partial charge in [-0.15, -0.1) is 0 Å². The van der Waals surface area contributed by atoms with Crippen LogP contribution in [0.3, 0.4) is 0 Å². The molecular weight excluding hydrogens is 190 g/mol. The number of halogens is 1. The largest absolute Gasteiger partial charge is 0.265 e. The Morgan fingerprint density at radius 2 is 2.23 bits per heavy atom. The summed E-state index contributed by atoms with van der Waals surface area (Å²) in [5, 5.41) is 17.2. The third kappa shape index (κ3) is 1.84. The van der Waals surface area contributed by atoms with E-state index < -0.39 is 0 Å². The highest BCUT2D eigenvalue weighted by Crippen LogP contribution is 2.15. The van der Waals surface area contributed by atoms with E-state index in [4.69, 9.17) is 22.1 Å². The van der Waals surface area contributed by atoms with Gasteiger partial charge in [-0.1, -0.05) is 0 Å². The molecule has 0 unspecified atom stereocenters. The average molecular weight is 194 g/mol. The Hall–Kier alpha value is -1.85. The Kier molecular flexibility index (Phi) is 2.63. The molecule has 0 atom stereocenters. The van der Waals surface area contributed by atoms with Gasteiger partial charge in [0.05, 0.1) is 6.20 Å². The van der Waals surface area contributed by atoms with Gasteiger partial charge in [0.25, 0.3) is 0 Å². The molecule has 1 aromatic rings. The lowest BCUT2D eigenvalue weighted by molar-refractivity contribution is 1.07. The fourth-order valence-electron chi connectivity index (χ4n) is 0.734. The van der Waals surface area contributed by atoms with E-state index in [1.165, 1.54) is 13.2 Å². The summed E-state index contributed by atoms with van der Waals surface area (Å²) in [6.45, 7) is 0. The third-order valence-electron chi connectivity index (χ3n) is 1.33. The number of nitriles is 2. The summed E-state index contributed by atoms with van der Waals surface area (Å²) < 4.78 is 0. The number of aromatic nitrogens is 2. The van der Waals surface area contributed by atoms with Crippen molar-refractivity contribution in [1.29, 1.82) is 10.5 Å². The van der Waals surface area contributed by atoms with Gasteiger partial charge in [-0.25, -0.2) is 4.98 Å². The molecule has 6 heteroatoms. The van der Waals surface area contributed by atoms with Crippen LogP contribution in [0.15, 0.2) is 6.20 Å². The van der Waals surface area contributed by atoms with Crippen LogP contribution in [0.5, 0.6) is 0 Å². The lowest BCUT2D eigenvalue weighted by atomic mass is 10.3. The predicted molar refractivity (Wildman–Crippen MR) is 45.8 cm³/mol. The molecule has 0 bridgehead atoms. The van der Waals surface area contributed by atoms with Gasteiger partial charge < -0.3 is 0 Å². The minimum absolute atomic E-state index is 0.0103. The maximum absolute atomic E-state index is 8.64. The van der Waals surface area contributed by atoms with Crippen LogP contribution >= 0.6 is 11.6 Å². The molecule has 0 aliphatic carbocycles. The normalized spacial score (nSPS) is 8.62. The molecule has 0 aliphatic rings. The molecule has 0 spiro atoms. The van der Waals surface area contributed by atoms with Crippen LogP contribution in [0, 0.1) is 22.8 Å². The number of hydrogen-bond acceptors (Lipinski definition) is 5. The first-order valence-electron chi connectivity index (χ1n) is 3.25. The van der Waals surface area contributed by atoms with Crippen LogP contribution in [-0.2, 0) is 0 Å². The third-order valence-corrected chi connectivity index (χ3v) is 1.51. The van der Waals surface area contributed by atoms with Gasteiger partial charge >= 0.3 is 0 Å². The number of hydrogen-bond donors (Lipinski definition) is 0. The van der Waals surface area contributed by atoms with Crippen LogP contribution in [0.1, 0.15) is 5.56 Å². The van der Waals surface area contributed by atoms with Gasteiger partial charge in [0.1, 0.15) is 11.6 Å². The Labute approximate surface area is 79.8 Å². The molecule has 0 saturated carbocycles. The molecule has 0 saturated heterocycles. The van der Waals surface area contributed by atoms with Gasteiger partial charge in [0, 0.05) is 7.05 Å². The highest BCUT2D eigenvalue weighted by molar-refractivity contribution is 6.28. The summed E-state index contributed by atoms with van der Waals surface area (Å²) in [5.74, 6) is 0.213. The van der Waals surface area contributed by atoms with Crippen molar-refractivity contribution >= 4 is 17.4 Å². The predicted octanol–water partition coefficient (Wildman–Crippen LogP) is 0.919. The highest BCUT2D eigenvalue weighted by Gasteiger charge is 2.09. The fourth-order valence-corrected chi connectivity index (χ4v) is 0.863. The van der Waals surface area contributed by atoms with E-state index in [0.29, 0.717) is 0 Å². The van der Waals surface area contributed by atoms with E-state index in [1.807, 2.05) is 12.3 Å². The van der Waals surface area contributed by atoms with Crippen LogP contribution in [0.4, 0.5) is 5.82 Å². The first kappa shape index (κ1) is 9.24. The zero-order chi connectivity index (χ0) is 9.84. The van der Waals surface area contributed by atoms with Gasteiger partial charge in [0.2, 0.25) is 5.28 Å². The Morgan fingerprint density at radius 1 is 1.54 bits per heavy atom. The summed E-state index contributed by atoms with van der Waals surface area (Å²) in [6, 6.07) is 1.86. The fraction of sp³-hybridized carbons (Fsp3) is 0.143. The van der Waals surface area contributed by atoms with Crippen molar-refractivity contribution in [3.63, 3.8) is 0 Å². The SMILES string of the molecule is CN(C#N)c1nc(Cl)ncc1C#N. The maximum atomic E-state index is 8.64. The van der Waals surface area contributed by atoms with Crippen molar-refractivity contribution in [2.75, 3.05) is 11.9 Å². The van der Waals surface area contributed by atoms with Gasteiger partial charge in [0.15, 0.2) is 12.0 Å². The molecule has 64 valence electrons. The second kappa shape index (κ2) is 3.70. The smallest absolute Gasteiger partial charge is 0.224 e. The van der Waals surface area contributed by atoms with E-state index in [0.717, 1.165) is 4.90 Å². The lowest BCUT2D eigenvalue weighted by Crippen LogP contribution is -2.12. The monoisotopic (exact) mass is 193 g/mol. The Balaban J connectivity index is 3.27. The van der Waals surface area contributed by atoms with Crippen molar-refractivity contribution in [2.24, 2.45) is 0 Å². The van der Waals surface area contributed by atoms with Crippen molar-refractivity contribution in [2.45, 2.75) is 0 Å². The quantitative estimate of drug-likeness (QED) is 0.377. The summed E-state index contributed by atoms with van der Waals surface area (Å²) in [6.07, 6.45) is 3.09. The molecule has 0 fully saturated rings. The van der Waals surface area contributed by atoms with E-state index >= 15 is 0 Å². The van der Waals surface area contributed by atoms with Gasteiger partial charge in [-0.3, -0.25) is 4.90 Å². The second-order valence-corrected chi connectivity index (χ2v) is 2.49. The first-order valence-corrected chi connectivity index (χ1v) is 3.63. The Bertz CT molecular complexity index is 402. The van der Waals surface area contributed by atoms with Crippen LogP contribution in [-0.4, -0.2) is 17.0 Å². The molecule has 0 aliphatic heterocycles. The minimum Gasteiger partial charge on any atom is -0.265 e. The molecule has 0 N–H and O–H groups in total. The minimum atomic E-state index is 0.0103. The van der Waals surface area contributed by atoms with Crippen molar-refractivity contribution in [3.8, 4) is 12.3 Å². The molecule has 1 heterocycles. The zero-order valence-corrected chi connectivity index (χ0v) is 7.45. The molecular formula is C7H4ClN5. The number of nitrogens with zero attached hydrogens (tertiary/aromatic N) is 5. The maximum Gasteiger partial charge on any atom is 0.224 e. The lowest BCUT2D eigenvalue weighted by Gasteiger charge is -2.08. The van der Waals surface area contributed by atoms with E-state index in [2.05, 4.69) is 9.97 Å². The topological polar surface area (TPSA) is 76.6 Å². The molecule has 0 amide bonds. The van der Waals surface area contributed by atoms with Crippen molar-refractivity contribution in [3.05, 3.63) is 17.0 Å². The van der Waals surface area contributed by atoms with Gasteiger partial charge in [-0.2, -0.15) is 15.5 Å². The number of rotatable bonds is 1. The van der Waals surface area contributed by atoms with E-state index in [1.54, 1.807) is 0 Å². The summed E-state index contributed by atoms with van der Waals surface area (Å²) in [4.78, 5) is 8.52. The van der Waals surface area contributed by atoms with Crippen molar-refractivity contribution in [1.82, 2.24) is 9.97 Å². The van der Waals surface area contributed by atoms with Crippen molar-refractivity contribution < 1.29 is 0 Å². The molecule has 1 aromatic heterocycles. The summed E-state index contributed by atoms with van der Waals surface area (Å²) in [5.41, 5.74) is 0.216. The van der Waals surface area contributed by atoms with Crippen LogP contribution < -0.4 is 4.90 Å². The van der Waals surface area contributed by atoms with E-state index in [-0.39, 0.29) is 16.7 Å².